The zero-order valence-corrected chi connectivity index (χ0v) is 13.1. The van der Waals surface area contributed by atoms with Crippen molar-refractivity contribution in [2.45, 2.75) is 18.8 Å². The first kappa shape index (κ1) is 15.9. The van der Waals surface area contributed by atoms with Crippen LogP contribution in [0.3, 0.4) is 0 Å². The second-order valence-corrected chi connectivity index (χ2v) is 5.95. The van der Waals surface area contributed by atoms with E-state index in [1.165, 1.54) is 6.07 Å². The van der Waals surface area contributed by atoms with Crippen LogP contribution in [0.2, 0.25) is 0 Å². The Morgan fingerprint density at radius 2 is 1.95 bits per heavy atom. The first-order valence-corrected chi connectivity index (χ1v) is 7.29. The lowest BCUT2D eigenvalue weighted by molar-refractivity contribution is 0.0879. The molecule has 0 saturated carbocycles. The molecule has 1 N–H and O–H groups in total. The third-order valence-electron chi connectivity index (χ3n) is 3.56. The van der Waals surface area contributed by atoms with Gasteiger partial charge in [-0.3, -0.25) is 4.79 Å². The van der Waals surface area contributed by atoms with Crippen LogP contribution < -0.4 is 0 Å². The molecular formula is C17H15BrFO2. The van der Waals surface area contributed by atoms with E-state index in [1.54, 1.807) is 43.3 Å². The fourth-order valence-corrected chi connectivity index (χ4v) is 2.70. The summed E-state index contributed by atoms with van der Waals surface area (Å²) in [5.74, 6) is -0.697. The molecule has 0 saturated heterocycles. The van der Waals surface area contributed by atoms with Crippen molar-refractivity contribution in [2.24, 2.45) is 0 Å². The highest BCUT2D eigenvalue weighted by Crippen LogP contribution is 2.35. The molecule has 0 aromatic heterocycles. The fourth-order valence-electron chi connectivity index (χ4n) is 2.34. The largest absolute Gasteiger partial charge is 0.390 e. The highest BCUT2D eigenvalue weighted by atomic mass is 79.9. The minimum Gasteiger partial charge on any atom is -0.390 e. The van der Waals surface area contributed by atoms with Gasteiger partial charge in [0.2, 0.25) is 0 Å². The number of rotatable bonds is 5. The van der Waals surface area contributed by atoms with Crippen molar-refractivity contribution in [2.75, 3.05) is 0 Å². The highest BCUT2D eigenvalue weighted by Gasteiger charge is 2.37. The van der Waals surface area contributed by atoms with Crippen LogP contribution in [0.4, 0.5) is 4.39 Å². The van der Waals surface area contributed by atoms with Crippen LogP contribution in [0.1, 0.15) is 29.3 Å². The van der Waals surface area contributed by atoms with Crippen LogP contribution >= 0.6 is 15.9 Å². The normalized spacial score (nSPS) is 13.7. The summed E-state index contributed by atoms with van der Waals surface area (Å²) >= 11 is 3.29. The SMILES string of the molecule is C[C@@](C[CH]O)(C(=O)c1ccccc1)c1cc(Br)ccc1F. The Morgan fingerprint density at radius 3 is 2.57 bits per heavy atom. The molecule has 0 aliphatic carbocycles. The zero-order chi connectivity index (χ0) is 15.5. The van der Waals surface area contributed by atoms with Gasteiger partial charge in [-0.1, -0.05) is 46.3 Å². The predicted molar refractivity (Wildman–Crippen MR) is 83.1 cm³/mol. The molecule has 2 aromatic carbocycles. The maximum absolute atomic E-state index is 14.2. The minimum absolute atomic E-state index is 0.0358. The first-order chi connectivity index (χ1) is 9.99. The molecule has 0 bridgehead atoms. The van der Waals surface area contributed by atoms with Crippen molar-refractivity contribution >= 4 is 21.7 Å². The van der Waals surface area contributed by atoms with E-state index < -0.39 is 11.2 Å². The van der Waals surface area contributed by atoms with E-state index in [2.05, 4.69) is 15.9 Å². The average molecular weight is 350 g/mol. The second kappa shape index (κ2) is 6.50. The maximum atomic E-state index is 14.2. The molecular weight excluding hydrogens is 335 g/mol. The van der Waals surface area contributed by atoms with E-state index in [-0.39, 0.29) is 17.8 Å². The monoisotopic (exact) mass is 349 g/mol. The van der Waals surface area contributed by atoms with Gasteiger partial charge in [-0.05, 0) is 31.5 Å². The van der Waals surface area contributed by atoms with Crippen LogP contribution in [0, 0.1) is 12.4 Å². The van der Waals surface area contributed by atoms with Gasteiger partial charge in [0.1, 0.15) is 5.82 Å². The van der Waals surface area contributed by atoms with Crippen LogP contribution in [-0.4, -0.2) is 10.9 Å². The van der Waals surface area contributed by atoms with E-state index >= 15 is 0 Å². The summed E-state index contributed by atoms with van der Waals surface area (Å²) in [5, 5.41) is 9.21. The summed E-state index contributed by atoms with van der Waals surface area (Å²) < 4.78 is 14.9. The van der Waals surface area contributed by atoms with Crippen molar-refractivity contribution in [1.82, 2.24) is 0 Å². The smallest absolute Gasteiger partial charge is 0.173 e. The highest BCUT2D eigenvalue weighted by molar-refractivity contribution is 9.10. The van der Waals surface area contributed by atoms with E-state index in [0.29, 0.717) is 10.0 Å². The van der Waals surface area contributed by atoms with Gasteiger partial charge < -0.3 is 5.11 Å². The molecule has 21 heavy (non-hydrogen) atoms. The zero-order valence-electron chi connectivity index (χ0n) is 11.5. The number of hydrogen-bond donors (Lipinski definition) is 1. The Morgan fingerprint density at radius 1 is 1.29 bits per heavy atom. The van der Waals surface area contributed by atoms with Crippen LogP contribution in [0.5, 0.6) is 0 Å². The molecule has 0 amide bonds. The summed E-state index contributed by atoms with van der Waals surface area (Å²) in [6, 6.07) is 13.2. The van der Waals surface area contributed by atoms with Gasteiger partial charge in [-0.2, -0.15) is 0 Å². The van der Waals surface area contributed by atoms with Gasteiger partial charge in [-0.25, -0.2) is 4.39 Å². The lowest BCUT2D eigenvalue weighted by Crippen LogP contribution is -2.34. The number of benzene rings is 2. The quantitative estimate of drug-likeness (QED) is 0.797. The van der Waals surface area contributed by atoms with Gasteiger partial charge >= 0.3 is 0 Å². The van der Waals surface area contributed by atoms with Gasteiger partial charge in [0.25, 0.3) is 0 Å². The topological polar surface area (TPSA) is 37.3 Å². The number of halogens is 2. The number of aliphatic hydroxyl groups excluding tert-OH is 1. The van der Waals surface area contributed by atoms with E-state index in [9.17, 15) is 14.3 Å². The Kier molecular flexibility index (Phi) is 4.91. The molecule has 2 rings (SSSR count). The maximum Gasteiger partial charge on any atom is 0.173 e. The Balaban J connectivity index is 2.55. The summed E-state index contributed by atoms with van der Waals surface area (Å²) in [4.78, 5) is 12.8. The average Bonchev–Trinajstić information content (AvgIpc) is 2.50. The number of carbonyl (C=O) groups excluding carboxylic acids is 1. The molecule has 0 heterocycles. The van der Waals surface area contributed by atoms with E-state index in [1.807, 2.05) is 6.07 Å². The van der Waals surface area contributed by atoms with E-state index in [4.69, 9.17) is 0 Å². The van der Waals surface area contributed by atoms with Crippen molar-refractivity contribution in [1.29, 1.82) is 0 Å². The molecule has 0 fully saturated rings. The van der Waals surface area contributed by atoms with Crippen molar-refractivity contribution < 1.29 is 14.3 Å². The molecule has 4 heteroatoms. The molecule has 0 spiro atoms. The van der Waals surface area contributed by atoms with Gasteiger partial charge in [0, 0.05) is 15.6 Å². The third-order valence-corrected chi connectivity index (χ3v) is 4.05. The number of Topliss-reactive ketones (excluding diaryl/α,β-unsaturated/α-hetero) is 1. The fraction of sp³-hybridized carbons (Fsp3) is 0.176. The number of hydrogen-bond acceptors (Lipinski definition) is 2. The lowest BCUT2D eigenvalue weighted by Gasteiger charge is -2.28. The van der Waals surface area contributed by atoms with Crippen LogP contribution in [0.25, 0.3) is 0 Å². The number of aliphatic hydroxyl groups is 1. The van der Waals surface area contributed by atoms with Crippen LogP contribution in [0.15, 0.2) is 53.0 Å². The molecule has 2 nitrogen and oxygen atoms in total. The molecule has 1 atom stereocenters. The van der Waals surface area contributed by atoms with Gasteiger partial charge in [0.15, 0.2) is 5.78 Å². The van der Waals surface area contributed by atoms with Gasteiger partial charge in [-0.15, -0.1) is 0 Å². The van der Waals surface area contributed by atoms with Gasteiger partial charge in [0.05, 0.1) is 12.0 Å². The number of carbonyl (C=O) groups is 1. The predicted octanol–water partition coefficient (Wildman–Crippen LogP) is 4.65. The van der Waals surface area contributed by atoms with E-state index in [0.717, 1.165) is 6.61 Å². The standard InChI is InChI=1S/C17H15BrFO2/c1-17(9-10-20,14-11-13(18)7-8-15(14)19)16(21)12-5-3-2-4-6-12/h2-8,10-11,20H,9H2,1H3/t17-/m0/s1. The molecule has 0 unspecified atom stereocenters. The van der Waals surface area contributed by atoms with Crippen LogP contribution in [-0.2, 0) is 5.41 Å². The Hall–Kier alpha value is -1.52. The molecule has 2 aromatic rings. The molecule has 0 aliphatic heterocycles. The van der Waals surface area contributed by atoms with Crippen molar-refractivity contribution in [3.63, 3.8) is 0 Å². The van der Waals surface area contributed by atoms with Crippen molar-refractivity contribution in [3.05, 3.63) is 76.6 Å². The molecule has 0 aliphatic rings. The summed E-state index contributed by atoms with van der Waals surface area (Å²) in [7, 11) is 0. The molecule has 1 radical (unpaired) electrons. The Bertz CT molecular complexity index is 642. The summed E-state index contributed by atoms with van der Waals surface area (Å²) in [5.41, 5.74) is -0.415. The lowest BCUT2D eigenvalue weighted by atomic mass is 9.73. The van der Waals surface area contributed by atoms with Crippen molar-refractivity contribution in [3.8, 4) is 0 Å². The third kappa shape index (κ3) is 3.22. The second-order valence-electron chi connectivity index (χ2n) is 5.04. The Labute approximate surface area is 131 Å². The first-order valence-electron chi connectivity index (χ1n) is 6.50. The minimum atomic E-state index is -1.16. The summed E-state index contributed by atoms with van der Waals surface area (Å²) in [6.07, 6.45) is 0.0358. The number of ketones is 1. The molecule has 109 valence electrons. The summed E-state index contributed by atoms with van der Waals surface area (Å²) in [6.45, 7) is 2.54.